The van der Waals surface area contributed by atoms with Gasteiger partial charge in [-0.25, -0.2) is 8.42 Å². The van der Waals surface area contributed by atoms with Gasteiger partial charge in [-0.2, -0.15) is 0 Å². The number of nitro benzene ring substituents is 1. The number of non-ortho nitro benzene ring substituents is 1. The van der Waals surface area contributed by atoms with Gasteiger partial charge in [-0.1, -0.05) is 0 Å². The maximum absolute atomic E-state index is 12.3. The summed E-state index contributed by atoms with van der Waals surface area (Å²) >= 11 is 0. The van der Waals surface area contributed by atoms with E-state index in [1.807, 2.05) is 0 Å². The van der Waals surface area contributed by atoms with Gasteiger partial charge in [0.1, 0.15) is 0 Å². The second kappa shape index (κ2) is 9.22. The Labute approximate surface area is 172 Å². The molecule has 0 radical (unpaired) electrons. The largest absolute Gasteiger partial charge is 0.493 e. The van der Waals surface area contributed by atoms with E-state index in [0.29, 0.717) is 18.1 Å². The summed E-state index contributed by atoms with van der Waals surface area (Å²) in [6.45, 7) is 2.19. The number of carbonyl (C=O) groups excluding carboxylic acids is 2. The lowest BCUT2D eigenvalue weighted by Crippen LogP contribution is -2.41. The van der Waals surface area contributed by atoms with Crippen LogP contribution in [0.25, 0.3) is 0 Å². The first-order valence-corrected chi connectivity index (χ1v) is 10.4. The van der Waals surface area contributed by atoms with E-state index < -0.39 is 37.2 Å². The van der Waals surface area contributed by atoms with E-state index in [1.165, 1.54) is 25.3 Å². The molecule has 2 N–H and O–H groups in total. The fourth-order valence-electron chi connectivity index (χ4n) is 2.38. The first-order valence-electron chi connectivity index (χ1n) is 8.48. The van der Waals surface area contributed by atoms with E-state index in [2.05, 4.69) is 10.9 Å². The normalized spacial score (nSPS) is 10.8. The highest BCUT2D eigenvalue weighted by molar-refractivity contribution is 7.90. The van der Waals surface area contributed by atoms with Crippen LogP contribution in [0.1, 0.15) is 27.6 Å². The van der Waals surface area contributed by atoms with Gasteiger partial charge >= 0.3 is 0 Å². The van der Waals surface area contributed by atoms with E-state index in [4.69, 9.17) is 9.47 Å². The molecule has 0 spiro atoms. The van der Waals surface area contributed by atoms with Crippen molar-refractivity contribution in [1.82, 2.24) is 10.9 Å². The summed E-state index contributed by atoms with van der Waals surface area (Å²) in [4.78, 5) is 34.4. The zero-order valence-corrected chi connectivity index (χ0v) is 17.1. The molecule has 0 aliphatic rings. The molecule has 0 unspecified atom stereocenters. The predicted octanol–water partition coefficient (Wildman–Crippen LogP) is 1.48. The highest BCUT2D eigenvalue weighted by Crippen LogP contribution is 2.28. The summed E-state index contributed by atoms with van der Waals surface area (Å²) < 4.78 is 34.0. The van der Waals surface area contributed by atoms with Crippen LogP contribution in [0.2, 0.25) is 0 Å². The average Bonchev–Trinajstić information content (AvgIpc) is 2.71. The van der Waals surface area contributed by atoms with Crippen LogP contribution in [-0.2, 0) is 9.84 Å². The van der Waals surface area contributed by atoms with Crippen molar-refractivity contribution in [2.24, 2.45) is 0 Å². The third-order valence-corrected chi connectivity index (χ3v) is 4.90. The number of carbonyl (C=O) groups is 2. The van der Waals surface area contributed by atoms with Crippen molar-refractivity contribution in [3.8, 4) is 11.5 Å². The number of sulfone groups is 1. The highest BCUT2D eigenvalue weighted by Gasteiger charge is 2.20. The van der Waals surface area contributed by atoms with Gasteiger partial charge in [0, 0.05) is 29.5 Å². The molecule has 0 fully saturated rings. The fourth-order valence-corrected chi connectivity index (χ4v) is 3.05. The number of amides is 2. The van der Waals surface area contributed by atoms with Crippen LogP contribution in [-0.4, -0.2) is 45.1 Å². The topological polar surface area (TPSA) is 154 Å². The minimum atomic E-state index is -3.80. The molecule has 11 nitrogen and oxygen atoms in total. The average molecular weight is 437 g/mol. The highest BCUT2D eigenvalue weighted by atomic mass is 32.2. The summed E-state index contributed by atoms with van der Waals surface area (Å²) in [5.41, 5.74) is 3.50. The number of hydrogen-bond donors (Lipinski definition) is 2. The third-order valence-electron chi connectivity index (χ3n) is 3.81. The van der Waals surface area contributed by atoms with Crippen LogP contribution >= 0.6 is 0 Å². The molecule has 12 heteroatoms. The number of methoxy groups -OCH3 is 1. The summed E-state index contributed by atoms with van der Waals surface area (Å²) in [5, 5.41) is 11.0. The zero-order valence-electron chi connectivity index (χ0n) is 16.3. The monoisotopic (exact) mass is 437 g/mol. The van der Waals surface area contributed by atoms with Crippen molar-refractivity contribution in [1.29, 1.82) is 0 Å². The minimum absolute atomic E-state index is 0.145. The molecule has 2 aromatic carbocycles. The Balaban J connectivity index is 2.20. The molecule has 2 aromatic rings. The lowest BCUT2D eigenvalue weighted by Gasteiger charge is -2.12. The molecule has 0 heterocycles. The number of benzene rings is 2. The summed E-state index contributed by atoms with van der Waals surface area (Å²) in [6, 6.07) is 7.10. The Bertz CT molecular complexity index is 1100. The van der Waals surface area contributed by atoms with Crippen LogP contribution in [0.3, 0.4) is 0 Å². The summed E-state index contributed by atoms with van der Waals surface area (Å²) in [5.74, 6) is -0.883. The van der Waals surface area contributed by atoms with Gasteiger partial charge in [0.05, 0.1) is 23.5 Å². The van der Waals surface area contributed by atoms with Gasteiger partial charge in [0.2, 0.25) is 0 Å². The van der Waals surface area contributed by atoms with Crippen molar-refractivity contribution < 1.29 is 32.4 Å². The Morgan fingerprint density at radius 1 is 1.03 bits per heavy atom. The molecule has 0 bridgehead atoms. The van der Waals surface area contributed by atoms with Gasteiger partial charge in [-0.3, -0.25) is 30.6 Å². The molecule has 0 aliphatic carbocycles. The second-order valence-corrected chi connectivity index (χ2v) is 7.97. The van der Waals surface area contributed by atoms with Crippen molar-refractivity contribution in [3.63, 3.8) is 0 Å². The molecular weight excluding hydrogens is 418 g/mol. The molecule has 0 aliphatic heterocycles. The molecule has 2 rings (SSSR count). The molecule has 0 saturated heterocycles. The number of hydrazine groups is 1. The molecule has 0 atom stereocenters. The smallest absolute Gasteiger partial charge is 0.271 e. The van der Waals surface area contributed by atoms with Crippen molar-refractivity contribution in [3.05, 3.63) is 57.6 Å². The van der Waals surface area contributed by atoms with Gasteiger partial charge in [0.25, 0.3) is 17.5 Å². The fraction of sp³-hybridized carbons (Fsp3) is 0.222. The summed E-state index contributed by atoms with van der Waals surface area (Å²) in [6.07, 6.45) is 0.856. The SMILES string of the molecule is CCOc1ccc(C(=O)NNC(=O)c2cc([N+](=O)[O-])cc(S(C)(=O)=O)c2)cc1OC. The maximum Gasteiger partial charge on any atom is 0.271 e. The standard InChI is InChI=1S/C18H19N3O8S/c1-4-29-15-6-5-11(9-16(15)28-2)17(22)19-20-18(23)12-7-13(21(24)25)10-14(8-12)30(3,26)27/h5-10H,4H2,1-3H3,(H,19,22)(H,20,23). The Morgan fingerprint density at radius 3 is 2.20 bits per heavy atom. The van der Waals surface area contributed by atoms with Crippen molar-refractivity contribution in [2.45, 2.75) is 11.8 Å². The predicted molar refractivity (Wildman–Crippen MR) is 105 cm³/mol. The van der Waals surface area contributed by atoms with E-state index in [9.17, 15) is 28.1 Å². The number of nitro groups is 1. The first kappa shape index (κ1) is 22.6. The second-order valence-electron chi connectivity index (χ2n) is 5.95. The van der Waals surface area contributed by atoms with E-state index in [0.717, 1.165) is 24.5 Å². The lowest BCUT2D eigenvalue weighted by atomic mass is 10.2. The van der Waals surface area contributed by atoms with Crippen LogP contribution in [0.4, 0.5) is 5.69 Å². The molecule has 160 valence electrons. The van der Waals surface area contributed by atoms with Crippen LogP contribution in [0.15, 0.2) is 41.3 Å². The van der Waals surface area contributed by atoms with Crippen molar-refractivity contribution >= 4 is 27.3 Å². The lowest BCUT2D eigenvalue weighted by molar-refractivity contribution is -0.385. The minimum Gasteiger partial charge on any atom is -0.493 e. The Morgan fingerprint density at radius 2 is 1.67 bits per heavy atom. The van der Waals surface area contributed by atoms with E-state index in [-0.39, 0.29) is 11.1 Å². The number of ether oxygens (including phenoxy) is 2. The third kappa shape index (κ3) is 5.44. The van der Waals surface area contributed by atoms with Crippen LogP contribution in [0, 0.1) is 10.1 Å². The van der Waals surface area contributed by atoms with Crippen molar-refractivity contribution in [2.75, 3.05) is 20.0 Å². The number of rotatable bonds is 7. The number of nitrogens with zero attached hydrogens (tertiary/aromatic N) is 1. The van der Waals surface area contributed by atoms with Crippen LogP contribution < -0.4 is 20.3 Å². The van der Waals surface area contributed by atoms with Gasteiger partial charge in [-0.15, -0.1) is 0 Å². The van der Waals surface area contributed by atoms with E-state index in [1.54, 1.807) is 6.92 Å². The Hall–Kier alpha value is -3.67. The number of hydrogen-bond acceptors (Lipinski definition) is 8. The molecule has 0 aromatic heterocycles. The van der Waals surface area contributed by atoms with Gasteiger partial charge in [0.15, 0.2) is 21.3 Å². The van der Waals surface area contributed by atoms with E-state index >= 15 is 0 Å². The number of nitrogens with one attached hydrogen (secondary N) is 2. The first-order chi connectivity index (χ1) is 14.1. The molecular formula is C18H19N3O8S. The Kier molecular flexibility index (Phi) is 6.95. The molecule has 30 heavy (non-hydrogen) atoms. The van der Waals surface area contributed by atoms with Gasteiger partial charge in [-0.05, 0) is 31.2 Å². The maximum atomic E-state index is 12.3. The van der Waals surface area contributed by atoms with Gasteiger partial charge < -0.3 is 9.47 Å². The zero-order chi connectivity index (χ0) is 22.5. The quantitative estimate of drug-likeness (QED) is 0.488. The van der Waals surface area contributed by atoms with Crippen LogP contribution in [0.5, 0.6) is 11.5 Å². The molecule has 0 saturated carbocycles. The summed E-state index contributed by atoms with van der Waals surface area (Å²) in [7, 11) is -2.40. The molecule has 2 amide bonds.